The summed E-state index contributed by atoms with van der Waals surface area (Å²) < 4.78 is 0. The summed E-state index contributed by atoms with van der Waals surface area (Å²) in [7, 11) is 0. The van der Waals surface area contributed by atoms with Gasteiger partial charge in [-0.3, -0.25) is 14.9 Å². The van der Waals surface area contributed by atoms with Crippen LogP contribution in [0.5, 0.6) is 0 Å². The van der Waals surface area contributed by atoms with Gasteiger partial charge >= 0.3 is 0 Å². The van der Waals surface area contributed by atoms with E-state index < -0.39 is 4.92 Å². The summed E-state index contributed by atoms with van der Waals surface area (Å²) in [5.74, 6) is 11.5. The van der Waals surface area contributed by atoms with Crippen LogP contribution in [-0.4, -0.2) is 20.0 Å². The molecule has 29 heavy (non-hydrogen) atoms. The molecule has 1 heterocycles. The quantitative estimate of drug-likeness (QED) is 0.282. The number of aromatic nitrogens is 2. The molecular formula is C22H13N3O3S. The summed E-state index contributed by atoms with van der Waals surface area (Å²) in [6.07, 6.45) is 4.53. The molecule has 7 heteroatoms. The van der Waals surface area contributed by atoms with Gasteiger partial charge in [0.05, 0.1) is 10.5 Å². The van der Waals surface area contributed by atoms with Crippen LogP contribution in [0.15, 0.2) is 66.1 Å². The maximum atomic E-state index is 11.4. The van der Waals surface area contributed by atoms with Crippen molar-refractivity contribution < 1.29 is 9.72 Å². The maximum absolute atomic E-state index is 11.4. The number of hydrogen-bond donors (Lipinski definition) is 0. The highest BCUT2D eigenvalue weighted by Crippen LogP contribution is 2.21. The lowest BCUT2D eigenvalue weighted by Gasteiger charge is -1.98. The van der Waals surface area contributed by atoms with E-state index in [1.54, 1.807) is 48.8 Å². The summed E-state index contributed by atoms with van der Waals surface area (Å²) >= 11 is 1.14. The highest BCUT2D eigenvalue weighted by Gasteiger charge is 2.12. The molecule has 0 aliphatic carbocycles. The first kappa shape index (κ1) is 19.8. The van der Waals surface area contributed by atoms with E-state index >= 15 is 0 Å². The Balaban J connectivity index is 1.85. The average Bonchev–Trinajstić information content (AvgIpc) is 2.72. The number of nitrogens with zero attached hydrogens (tertiary/aromatic N) is 3. The monoisotopic (exact) mass is 399 g/mol. The van der Waals surface area contributed by atoms with Crippen molar-refractivity contribution in [1.29, 1.82) is 0 Å². The molecule has 0 saturated heterocycles. The van der Waals surface area contributed by atoms with Gasteiger partial charge in [-0.15, -0.1) is 0 Å². The van der Waals surface area contributed by atoms with Gasteiger partial charge in [0.1, 0.15) is 11.9 Å². The van der Waals surface area contributed by atoms with Crippen LogP contribution >= 0.6 is 11.8 Å². The molecule has 0 spiro atoms. The van der Waals surface area contributed by atoms with Crippen LogP contribution < -0.4 is 0 Å². The average molecular weight is 399 g/mol. The van der Waals surface area contributed by atoms with Gasteiger partial charge in [-0.05, 0) is 36.4 Å². The Labute approximate surface area is 171 Å². The third-order valence-electron chi connectivity index (χ3n) is 3.56. The Morgan fingerprint density at radius 3 is 2.21 bits per heavy atom. The van der Waals surface area contributed by atoms with Crippen molar-refractivity contribution in [2.75, 3.05) is 0 Å². The molecule has 0 saturated carbocycles. The number of rotatable bonds is 2. The highest BCUT2D eigenvalue weighted by molar-refractivity contribution is 8.13. The van der Waals surface area contributed by atoms with Crippen LogP contribution in [0, 0.1) is 33.8 Å². The summed E-state index contributed by atoms with van der Waals surface area (Å²) in [4.78, 5) is 30.6. The SMILES string of the molecule is CC(=O)Sc1ccc(C#Cc2ccc(C#Cc3cncnc3)cc2[N+](=O)[O-])cc1. The first-order chi connectivity index (χ1) is 14.0. The Hall–Kier alpha value is -3.94. The maximum Gasteiger partial charge on any atom is 0.286 e. The summed E-state index contributed by atoms with van der Waals surface area (Å²) in [6, 6.07) is 11.8. The van der Waals surface area contributed by atoms with Crippen LogP contribution in [-0.2, 0) is 4.79 Å². The second-order valence-corrected chi connectivity index (χ2v) is 6.98. The van der Waals surface area contributed by atoms with Crippen LogP contribution in [0.1, 0.15) is 29.2 Å². The molecule has 3 aromatic rings. The third-order valence-corrected chi connectivity index (χ3v) is 4.36. The van der Waals surface area contributed by atoms with Crippen LogP contribution in [0.2, 0.25) is 0 Å². The minimum absolute atomic E-state index is 0.00226. The fraction of sp³-hybridized carbons (Fsp3) is 0.0455. The number of nitro groups is 1. The number of nitro benzene ring substituents is 1. The topological polar surface area (TPSA) is 86.0 Å². The second-order valence-electron chi connectivity index (χ2n) is 5.73. The van der Waals surface area contributed by atoms with Gasteiger partial charge in [0.25, 0.3) is 5.69 Å². The molecular weight excluding hydrogens is 386 g/mol. The van der Waals surface area contributed by atoms with Crippen molar-refractivity contribution in [1.82, 2.24) is 9.97 Å². The molecule has 0 aliphatic rings. The zero-order chi connectivity index (χ0) is 20.6. The smallest absolute Gasteiger partial charge is 0.286 e. The first-order valence-corrected chi connectivity index (χ1v) is 9.19. The number of benzene rings is 2. The molecule has 0 N–H and O–H groups in total. The number of carbonyl (C=O) groups is 1. The van der Waals surface area contributed by atoms with E-state index in [0.717, 1.165) is 16.7 Å². The lowest BCUT2D eigenvalue weighted by molar-refractivity contribution is -0.385. The number of thioether (sulfide) groups is 1. The van der Waals surface area contributed by atoms with Gasteiger partial charge in [0, 0.05) is 41.4 Å². The van der Waals surface area contributed by atoms with Crippen LogP contribution in [0.25, 0.3) is 0 Å². The van der Waals surface area contributed by atoms with Gasteiger partial charge in [-0.1, -0.05) is 35.4 Å². The Morgan fingerprint density at radius 2 is 1.55 bits per heavy atom. The van der Waals surface area contributed by atoms with Crippen molar-refractivity contribution >= 4 is 22.6 Å². The fourth-order valence-electron chi connectivity index (χ4n) is 2.29. The standard InChI is InChI=1S/C22H13N3O3S/c1-16(26)29-21-10-6-17(7-11-21)4-8-20-9-5-18(12-22(20)25(27)28)2-3-19-13-23-15-24-14-19/h5-7,9-15H,1H3. The van der Waals surface area contributed by atoms with E-state index in [1.165, 1.54) is 19.3 Å². The lowest BCUT2D eigenvalue weighted by atomic mass is 10.1. The zero-order valence-corrected chi connectivity index (χ0v) is 16.1. The molecule has 2 aromatic carbocycles. The molecule has 0 bridgehead atoms. The lowest BCUT2D eigenvalue weighted by Crippen LogP contribution is -1.93. The van der Waals surface area contributed by atoms with E-state index in [9.17, 15) is 14.9 Å². The predicted octanol–water partition coefficient (Wildman–Crippen LogP) is 3.82. The van der Waals surface area contributed by atoms with Crippen molar-refractivity contribution in [2.45, 2.75) is 11.8 Å². The first-order valence-electron chi connectivity index (χ1n) is 8.37. The molecule has 1 aromatic heterocycles. The van der Waals surface area contributed by atoms with Gasteiger partial charge in [-0.2, -0.15) is 0 Å². The highest BCUT2D eigenvalue weighted by atomic mass is 32.2. The minimum Gasteiger partial charge on any atom is -0.287 e. The zero-order valence-electron chi connectivity index (χ0n) is 15.2. The molecule has 0 radical (unpaired) electrons. The van der Waals surface area contributed by atoms with Gasteiger partial charge in [0.2, 0.25) is 0 Å². The number of hydrogen-bond acceptors (Lipinski definition) is 6. The molecule has 0 amide bonds. The third kappa shape index (κ3) is 5.77. The summed E-state index contributed by atoms with van der Waals surface area (Å²) in [5.41, 5.74) is 1.99. The molecule has 140 valence electrons. The summed E-state index contributed by atoms with van der Waals surface area (Å²) in [5, 5.41) is 11.4. The van der Waals surface area contributed by atoms with Crippen LogP contribution in [0.3, 0.4) is 0 Å². The van der Waals surface area contributed by atoms with Crippen molar-refractivity contribution in [3.05, 3.63) is 93.6 Å². The van der Waals surface area contributed by atoms with Crippen molar-refractivity contribution in [3.8, 4) is 23.7 Å². The van der Waals surface area contributed by atoms with E-state index in [4.69, 9.17) is 0 Å². The normalized spacial score (nSPS) is 9.55. The van der Waals surface area contributed by atoms with Crippen molar-refractivity contribution in [3.63, 3.8) is 0 Å². The van der Waals surface area contributed by atoms with E-state index in [1.807, 2.05) is 0 Å². The van der Waals surface area contributed by atoms with E-state index in [2.05, 4.69) is 33.6 Å². The minimum atomic E-state index is -0.479. The molecule has 3 rings (SSSR count). The van der Waals surface area contributed by atoms with Crippen LogP contribution in [0.4, 0.5) is 5.69 Å². The van der Waals surface area contributed by atoms with Gasteiger partial charge < -0.3 is 0 Å². The van der Waals surface area contributed by atoms with E-state index in [0.29, 0.717) is 22.3 Å². The molecule has 0 unspecified atom stereocenters. The Bertz CT molecular complexity index is 1190. The number of carbonyl (C=O) groups excluding carboxylic acids is 1. The molecule has 6 nitrogen and oxygen atoms in total. The molecule has 0 aliphatic heterocycles. The second kappa shape index (κ2) is 9.32. The van der Waals surface area contributed by atoms with Gasteiger partial charge in [0.15, 0.2) is 5.12 Å². The summed E-state index contributed by atoms with van der Waals surface area (Å²) in [6.45, 7) is 1.50. The Kier molecular flexibility index (Phi) is 6.36. The van der Waals surface area contributed by atoms with Crippen molar-refractivity contribution in [2.24, 2.45) is 0 Å². The predicted molar refractivity (Wildman–Crippen MR) is 110 cm³/mol. The molecule has 0 atom stereocenters. The fourth-order valence-corrected chi connectivity index (χ4v) is 2.89. The van der Waals surface area contributed by atoms with Gasteiger partial charge in [-0.25, -0.2) is 9.97 Å². The Morgan fingerprint density at radius 1 is 0.931 bits per heavy atom. The largest absolute Gasteiger partial charge is 0.287 e. The van der Waals surface area contributed by atoms with E-state index in [-0.39, 0.29) is 10.8 Å². The molecule has 0 fully saturated rings.